The lowest BCUT2D eigenvalue weighted by Gasteiger charge is -2.07. The van der Waals surface area contributed by atoms with Gasteiger partial charge in [-0.05, 0) is 32.1 Å². The summed E-state index contributed by atoms with van der Waals surface area (Å²) >= 11 is 1.75. The Morgan fingerprint density at radius 3 is 3.05 bits per heavy atom. The molecule has 0 fully saturated rings. The Bertz CT molecular complexity index is 465. The number of carbonyl (C=O) groups excluding carboxylic acids is 1. The summed E-state index contributed by atoms with van der Waals surface area (Å²) < 4.78 is 0. The van der Waals surface area contributed by atoms with Crippen molar-refractivity contribution in [3.05, 3.63) is 27.7 Å². The molecule has 4 heteroatoms. The fourth-order valence-corrected chi connectivity index (χ4v) is 3.43. The van der Waals surface area contributed by atoms with Gasteiger partial charge in [-0.2, -0.15) is 0 Å². The number of nitrogens with zero attached hydrogens (tertiary/aromatic N) is 1. The number of hydrogen-bond donors (Lipinski definition) is 1. The molecule has 1 aromatic heterocycles. The number of rotatable bonds is 6. The molecule has 1 atom stereocenters. The molecule has 0 aliphatic heterocycles. The third-order valence-electron chi connectivity index (χ3n) is 3.49. The van der Waals surface area contributed by atoms with Gasteiger partial charge in [0.1, 0.15) is 0 Å². The van der Waals surface area contributed by atoms with E-state index in [9.17, 15) is 4.79 Å². The zero-order valence-electron chi connectivity index (χ0n) is 11.7. The molecule has 0 spiro atoms. The normalized spacial score (nSPS) is 17.9. The van der Waals surface area contributed by atoms with E-state index in [1.165, 1.54) is 10.6 Å². The Labute approximate surface area is 119 Å². The highest BCUT2D eigenvalue weighted by Gasteiger charge is 2.13. The number of aryl methyl sites for hydroxylation is 2. The molecule has 1 N–H and O–H groups in total. The molecular formula is C15H22N2OS. The Morgan fingerprint density at radius 2 is 2.42 bits per heavy atom. The fourth-order valence-electron chi connectivity index (χ4n) is 2.41. The molecule has 0 radical (unpaired) electrons. The van der Waals surface area contributed by atoms with Crippen LogP contribution >= 0.6 is 11.3 Å². The second-order valence-corrected chi connectivity index (χ2v) is 6.32. The highest BCUT2D eigenvalue weighted by Crippen LogP contribution is 2.20. The van der Waals surface area contributed by atoms with Gasteiger partial charge in [0, 0.05) is 24.3 Å². The molecule has 1 heterocycles. The molecule has 0 aromatic carbocycles. The van der Waals surface area contributed by atoms with Crippen molar-refractivity contribution < 1.29 is 4.79 Å². The summed E-state index contributed by atoms with van der Waals surface area (Å²) in [5.74, 6) is 0.620. The van der Waals surface area contributed by atoms with Crippen LogP contribution < -0.4 is 5.32 Å². The topological polar surface area (TPSA) is 42.0 Å². The molecule has 0 saturated heterocycles. The monoisotopic (exact) mass is 278 g/mol. The van der Waals surface area contributed by atoms with Crippen LogP contribution in [0.3, 0.4) is 0 Å². The Kier molecular flexibility index (Phi) is 5.14. The first-order valence-corrected chi connectivity index (χ1v) is 7.89. The van der Waals surface area contributed by atoms with E-state index in [0.717, 1.165) is 30.7 Å². The number of hydrogen-bond acceptors (Lipinski definition) is 3. The molecule has 1 aliphatic carbocycles. The summed E-state index contributed by atoms with van der Waals surface area (Å²) in [6, 6.07) is 0. The molecule has 2 rings (SSSR count). The lowest BCUT2D eigenvalue weighted by atomic mass is 10.1. The van der Waals surface area contributed by atoms with Gasteiger partial charge in [0.2, 0.25) is 5.91 Å². The fraction of sp³-hybridized carbons (Fsp3) is 0.600. The minimum atomic E-state index is 0.167. The van der Waals surface area contributed by atoms with Crippen molar-refractivity contribution in [1.29, 1.82) is 0 Å². The maximum atomic E-state index is 11.8. The molecule has 1 aliphatic rings. The van der Waals surface area contributed by atoms with Crippen molar-refractivity contribution in [1.82, 2.24) is 10.3 Å². The van der Waals surface area contributed by atoms with Gasteiger partial charge < -0.3 is 5.32 Å². The van der Waals surface area contributed by atoms with Crippen molar-refractivity contribution in [3.8, 4) is 0 Å². The Hall–Kier alpha value is -1.16. The average molecular weight is 278 g/mol. The maximum absolute atomic E-state index is 11.8. The SMILES string of the molecule is CCc1nc(CCNC(=O)C[C@H]2C=CCC2)sc1C. The second kappa shape index (κ2) is 6.85. The molecule has 1 aromatic rings. The summed E-state index contributed by atoms with van der Waals surface area (Å²) in [5, 5.41) is 4.13. The third kappa shape index (κ3) is 4.16. The average Bonchev–Trinajstić information content (AvgIpc) is 2.99. The van der Waals surface area contributed by atoms with Crippen molar-refractivity contribution in [2.24, 2.45) is 5.92 Å². The van der Waals surface area contributed by atoms with Gasteiger partial charge in [-0.25, -0.2) is 4.98 Å². The molecule has 0 saturated carbocycles. The maximum Gasteiger partial charge on any atom is 0.220 e. The first-order valence-electron chi connectivity index (χ1n) is 7.07. The van der Waals surface area contributed by atoms with Crippen LogP contribution in [-0.4, -0.2) is 17.4 Å². The predicted octanol–water partition coefficient (Wildman–Crippen LogP) is 3.03. The molecule has 19 heavy (non-hydrogen) atoms. The lowest BCUT2D eigenvalue weighted by molar-refractivity contribution is -0.121. The van der Waals surface area contributed by atoms with E-state index in [2.05, 4.69) is 36.3 Å². The van der Waals surface area contributed by atoms with E-state index in [1.807, 2.05) is 0 Å². The first-order chi connectivity index (χ1) is 9.19. The predicted molar refractivity (Wildman–Crippen MR) is 79.4 cm³/mol. The molecule has 0 unspecified atom stereocenters. The van der Waals surface area contributed by atoms with E-state index in [4.69, 9.17) is 0 Å². The summed E-state index contributed by atoms with van der Waals surface area (Å²) in [6.07, 6.45) is 9.04. The quantitative estimate of drug-likeness (QED) is 0.813. The van der Waals surface area contributed by atoms with Gasteiger partial charge >= 0.3 is 0 Å². The molecule has 1 amide bonds. The molecular weight excluding hydrogens is 256 g/mol. The van der Waals surface area contributed by atoms with Gasteiger partial charge in [-0.15, -0.1) is 11.3 Å². The Balaban J connectivity index is 1.70. The summed E-state index contributed by atoms with van der Waals surface area (Å²) in [6.45, 7) is 4.94. The van der Waals surface area contributed by atoms with Crippen molar-refractivity contribution in [2.75, 3.05) is 6.54 Å². The number of carbonyl (C=O) groups is 1. The van der Waals surface area contributed by atoms with Crippen LogP contribution in [0.25, 0.3) is 0 Å². The molecule has 0 bridgehead atoms. The van der Waals surface area contributed by atoms with E-state index < -0.39 is 0 Å². The first kappa shape index (κ1) is 14.3. The van der Waals surface area contributed by atoms with Gasteiger partial charge in [-0.1, -0.05) is 19.1 Å². The van der Waals surface area contributed by atoms with Gasteiger partial charge in [-0.3, -0.25) is 4.79 Å². The van der Waals surface area contributed by atoms with Crippen molar-refractivity contribution >= 4 is 17.2 Å². The van der Waals surface area contributed by atoms with Crippen molar-refractivity contribution in [3.63, 3.8) is 0 Å². The Morgan fingerprint density at radius 1 is 1.58 bits per heavy atom. The van der Waals surface area contributed by atoms with Crippen LogP contribution in [0.5, 0.6) is 0 Å². The van der Waals surface area contributed by atoms with Crippen LogP contribution in [0.1, 0.15) is 41.8 Å². The summed E-state index contributed by atoms with van der Waals surface area (Å²) in [4.78, 5) is 17.6. The highest BCUT2D eigenvalue weighted by atomic mass is 32.1. The largest absolute Gasteiger partial charge is 0.356 e. The number of amides is 1. The second-order valence-electron chi connectivity index (χ2n) is 5.03. The minimum Gasteiger partial charge on any atom is -0.356 e. The summed E-state index contributed by atoms with van der Waals surface area (Å²) in [7, 11) is 0. The van der Waals surface area contributed by atoms with Crippen LogP contribution in [0.2, 0.25) is 0 Å². The van der Waals surface area contributed by atoms with Gasteiger partial charge in [0.25, 0.3) is 0 Å². The third-order valence-corrected chi connectivity index (χ3v) is 4.57. The molecule has 104 valence electrons. The molecule has 3 nitrogen and oxygen atoms in total. The minimum absolute atomic E-state index is 0.167. The van der Waals surface area contributed by atoms with E-state index in [-0.39, 0.29) is 5.91 Å². The van der Waals surface area contributed by atoms with Crippen molar-refractivity contribution in [2.45, 2.75) is 46.0 Å². The van der Waals surface area contributed by atoms with E-state index in [0.29, 0.717) is 18.9 Å². The number of thiazole rings is 1. The zero-order chi connectivity index (χ0) is 13.7. The number of nitrogens with one attached hydrogen (secondary N) is 1. The highest BCUT2D eigenvalue weighted by molar-refractivity contribution is 7.11. The number of allylic oxidation sites excluding steroid dienone is 2. The van der Waals surface area contributed by atoms with Crippen LogP contribution in [0.15, 0.2) is 12.2 Å². The van der Waals surface area contributed by atoms with Crippen LogP contribution in [0.4, 0.5) is 0 Å². The standard InChI is InChI=1S/C15H22N2OS/c1-3-13-11(2)19-15(17-13)8-9-16-14(18)10-12-6-4-5-7-12/h4,6,12H,3,5,7-10H2,1-2H3,(H,16,18)/t12-/m0/s1. The summed E-state index contributed by atoms with van der Waals surface area (Å²) in [5.41, 5.74) is 1.20. The lowest BCUT2D eigenvalue weighted by Crippen LogP contribution is -2.26. The zero-order valence-corrected chi connectivity index (χ0v) is 12.6. The van der Waals surface area contributed by atoms with Crippen LogP contribution in [-0.2, 0) is 17.6 Å². The van der Waals surface area contributed by atoms with E-state index in [1.54, 1.807) is 11.3 Å². The van der Waals surface area contributed by atoms with E-state index >= 15 is 0 Å². The van der Waals surface area contributed by atoms with Gasteiger partial charge in [0.05, 0.1) is 10.7 Å². The van der Waals surface area contributed by atoms with Gasteiger partial charge in [0.15, 0.2) is 0 Å². The van der Waals surface area contributed by atoms with Crippen LogP contribution in [0, 0.1) is 12.8 Å². The smallest absolute Gasteiger partial charge is 0.220 e. The number of aromatic nitrogens is 1.